The molecule has 0 aliphatic carbocycles. The van der Waals surface area contributed by atoms with E-state index < -0.39 is 0 Å². The Balaban J connectivity index is 0.000000810. The number of hydrogen-bond acceptors (Lipinski definition) is 0. The van der Waals surface area contributed by atoms with Crippen LogP contribution in [-0.4, -0.2) is 0 Å². The van der Waals surface area contributed by atoms with Crippen LogP contribution in [0.25, 0.3) is 0 Å². The summed E-state index contributed by atoms with van der Waals surface area (Å²) in [4.78, 5) is 0. The summed E-state index contributed by atoms with van der Waals surface area (Å²) in [5.74, 6) is 0. The van der Waals surface area contributed by atoms with Crippen molar-refractivity contribution in [3.8, 4) is 0 Å². The zero-order valence-corrected chi connectivity index (χ0v) is 8.15. The molecular weight excluding hydrogens is 159 g/mol. The van der Waals surface area contributed by atoms with Crippen molar-refractivity contribution in [1.82, 2.24) is 0 Å². The summed E-state index contributed by atoms with van der Waals surface area (Å²) in [5.41, 5.74) is 1.74. The summed E-state index contributed by atoms with van der Waals surface area (Å²) in [6.45, 7) is 6.67. The predicted molar refractivity (Wildman–Crippen MR) is 40.7 cm³/mol. The first kappa shape index (κ1) is 9.93. The van der Waals surface area contributed by atoms with Crippen LogP contribution in [0.2, 0.25) is 0 Å². The van der Waals surface area contributed by atoms with Gasteiger partial charge in [-0.25, -0.2) is 12.1 Å². The van der Waals surface area contributed by atoms with Gasteiger partial charge in [0.25, 0.3) is 0 Å². The van der Waals surface area contributed by atoms with E-state index in [1.165, 1.54) is 5.56 Å². The van der Waals surface area contributed by atoms with Crippen LogP contribution >= 0.6 is 0 Å². The van der Waals surface area contributed by atoms with Crippen molar-refractivity contribution >= 4 is 0 Å². The van der Waals surface area contributed by atoms with Crippen LogP contribution in [0.5, 0.6) is 0 Å². The fraction of sp³-hybridized carbons (Fsp3) is 0.444. The second kappa shape index (κ2) is 3.36. The molecule has 55 valence electrons. The molecular formula is C9H13V-. The van der Waals surface area contributed by atoms with E-state index in [9.17, 15) is 0 Å². The van der Waals surface area contributed by atoms with Crippen LogP contribution in [0.1, 0.15) is 26.3 Å². The van der Waals surface area contributed by atoms with E-state index in [-0.39, 0.29) is 18.6 Å². The van der Waals surface area contributed by atoms with Crippen molar-refractivity contribution in [2.75, 3.05) is 0 Å². The van der Waals surface area contributed by atoms with Gasteiger partial charge in [0.15, 0.2) is 0 Å². The SMILES string of the molecule is CC(C)(C)[c-]1cccc1.[V]. The van der Waals surface area contributed by atoms with Gasteiger partial charge in [-0.2, -0.15) is 17.7 Å². The van der Waals surface area contributed by atoms with Gasteiger partial charge in [0.2, 0.25) is 0 Å². The summed E-state index contributed by atoms with van der Waals surface area (Å²) < 4.78 is 0. The Bertz CT molecular complexity index is 167. The van der Waals surface area contributed by atoms with Crippen molar-refractivity contribution in [1.29, 1.82) is 0 Å². The van der Waals surface area contributed by atoms with Crippen LogP contribution in [0.15, 0.2) is 24.3 Å². The molecule has 1 rings (SSSR count). The normalized spacial score (nSPS) is 10.7. The summed E-state index contributed by atoms with van der Waals surface area (Å²) in [7, 11) is 0. The molecule has 0 saturated heterocycles. The first-order valence-corrected chi connectivity index (χ1v) is 3.33. The first-order chi connectivity index (χ1) is 4.11. The van der Waals surface area contributed by atoms with Crippen molar-refractivity contribution in [3.05, 3.63) is 29.8 Å². The average Bonchev–Trinajstić information content (AvgIpc) is 2.08. The number of rotatable bonds is 0. The third-order valence-corrected chi connectivity index (χ3v) is 1.53. The molecule has 1 radical (unpaired) electrons. The fourth-order valence-electron chi connectivity index (χ4n) is 0.874. The fourth-order valence-corrected chi connectivity index (χ4v) is 0.874. The Morgan fingerprint density at radius 2 is 1.40 bits per heavy atom. The summed E-state index contributed by atoms with van der Waals surface area (Å²) >= 11 is 0. The van der Waals surface area contributed by atoms with Crippen LogP contribution in [0.3, 0.4) is 0 Å². The minimum atomic E-state index is 0. The van der Waals surface area contributed by atoms with E-state index in [0.717, 1.165) is 0 Å². The Kier molecular flexibility index (Phi) is 3.34. The first-order valence-electron chi connectivity index (χ1n) is 3.33. The van der Waals surface area contributed by atoms with E-state index in [0.29, 0.717) is 5.41 Å². The maximum atomic E-state index is 2.22. The smallest absolute Gasteiger partial charge is 0 e. The molecule has 0 saturated carbocycles. The molecule has 0 aromatic heterocycles. The molecule has 10 heavy (non-hydrogen) atoms. The molecule has 1 aromatic rings. The molecule has 0 atom stereocenters. The van der Waals surface area contributed by atoms with Gasteiger partial charge in [-0.15, -0.1) is 0 Å². The molecule has 1 heteroatoms. The molecule has 0 N–H and O–H groups in total. The van der Waals surface area contributed by atoms with E-state index in [2.05, 4.69) is 45.0 Å². The molecule has 0 aliphatic rings. The largest absolute Gasteiger partial charge is 0.213 e. The molecule has 0 unspecified atom stereocenters. The summed E-state index contributed by atoms with van der Waals surface area (Å²) in [6, 6.07) is 8.50. The van der Waals surface area contributed by atoms with Gasteiger partial charge in [0, 0.05) is 18.6 Å². The topological polar surface area (TPSA) is 0 Å². The van der Waals surface area contributed by atoms with Crippen molar-refractivity contribution < 1.29 is 18.6 Å². The Labute approximate surface area is 74.9 Å². The Hall–Kier alpha value is -0.0656. The van der Waals surface area contributed by atoms with Gasteiger partial charge >= 0.3 is 0 Å². The second-order valence-corrected chi connectivity index (χ2v) is 3.42. The van der Waals surface area contributed by atoms with Crippen LogP contribution in [-0.2, 0) is 24.0 Å². The van der Waals surface area contributed by atoms with Crippen LogP contribution in [0, 0.1) is 0 Å². The molecule has 0 heterocycles. The van der Waals surface area contributed by atoms with Crippen LogP contribution < -0.4 is 0 Å². The molecule has 0 amide bonds. The molecule has 0 aliphatic heterocycles. The maximum Gasteiger partial charge on any atom is 0 e. The zero-order valence-electron chi connectivity index (χ0n) is 6.76. The van der Waals surface area contributed by atoms with E-state index in [1.54, 1.807) is 0 Å². The molecule has 1 aromatic carbocycles. The molecule has 0 bridgehead atoms. The van der Waals surface area contributed by atoms with E-state index in [1.807, 2.05) is 0 Å². The third-order valence-electron chi connectivity index (χ3n) is 1.53. The quantitative estimate of drug-likeness (QED) is 0.528. The Morgan fingerprint density at radius 3 is 1.60 bits per heavy atom. The van der Waals surface area contributed by atoms with E-state index in [4.69, 9.17) is 0 Å². The van der Waals surface area contributed by atoms with Crippen molar-refractivity contribution in [3.63, 3.8) is 0 Å². The maximum absolute atomic E-state index is 2.22. The summed E-state index contributed by atoms with van der Waals surface area (Å²) in [6.07, 6.45) is 0. The Morgan fingerprint density at radius 1 is 1.00 bits per heavy atom. The van der Waals surface area contributed by atoms with Crippen molar-refractivity contribution in [2.24, 2.45) is 0 Å². The molecule has 0 fully saturated rings. The number of hydrogen-bond donors (Lipinski definition) is 0. The monoisotopic (exact) mass is 172 g/mol. The van der Waals surface area contributed by atoms with Crippen molar-refractivity contribution in [2.45, 2.75) is 26.2 Å². The molecule has 0 spiro atoms. The minimum Gasteiger partial charge on any atom is -0.213 e. The standard InChI is InChI=1S/C9H13.V/c1-9(2,3)8-6-4-5-7-8;/h4-7H,1-3H3;/q-1;. The van der Waals surface area contributed by atoms with Gasteiger partial charge < -0.3 is 0 Å². The predicted octanol–water partition coefficient (Wildman–Crippen LogP) is 2.70. The molecule has 0 nitrogen and oxygen atoms in total. The van der Waals surface area contributed by atoms with Gasteiger partial charge in [-0.3, -0.25) is 0 Å². The summed E-state index contributed by atoms with van der Waals surface area (Å²) in [5, 5.41) is 0. The van der Waals surface area contributed by atoms with Gasteiger partial charge in [0.1, 0.15) is 0 Å². The van der Waals surface area contributed by atoms with Crippen LogP contribution in [0.4, 0.5) is 0 Å². The average molecular weight is 172 g/mol. The van der Waals surface area contributed by atoms with E-state index >= 15 is 0 Å². The zero-order chi connectivity index (χ0) is 6.91. The minimum absolute atomic E-state index is 0. The van der Waals surface area contributed by atoms with Gasteiger partial charge in [-0.05, 0) is 0 Å². The second-order valence-electron chi connectivity index (χ2n) is 3.42. The van der Waals surface area contributed by atoms with Gasteiger partial charge in [-0.1, -0.05) is 26.2 Å². The van der Waals surface area contributed by atoms with Gasteiger partial charge in [0.05, 0.1) is 0 Å². The third kappa shape index (κ3) is 2.28.